The number of ether oxygens (including phenoxy) is 3. The Hall–Kier alpha value is -1.20. The minimum Gasteiger partial charge on any atom is -0.491 e. The predicted molar refractivity (Wildman–Crippen MR) is 110 cm³/mol. The van der Waals surface area contributed by atoms with E-state index in [0.29, 0.717) is 24.7 Å². The second-order valence-electron chi connectivity index (χ2n) is 8.56. The zero-order valence-electron chi connectivity index (χ0n) is 17.9. The van der Waals surface area contributed by atoms with Crippen molar-refractivity contribution in [3.63, 3.8) is 0 Å². The summed E-state index contributed by atoms with van der Waals surface area (Å²) in [5, 5.41) is 0. The average molecular weight is 411 g/mol. The lowest BCUT2D eigenvalue weighted by molar-refractivity contribution is -0.0858. The van der Waals surface area contributed by atoms with Crippen LogP contribution in [0.3, 0.4) is 0 Å². The minimum atomic E-state index is -0.866. The van der Waals surface area contributed by atoms with Gasteiger partial charge >= 0.3 is 0 Å². The van der Waals surface area contributed by atoms with Gasteiger partial charge in [0.1, 0.15) is 0 Å². The standard InChI is InChI=1S/C24H36F2O3/c1-3-5-6-17-7-10-20(28-15-17)16-29-19-11-8-18(9-12-19)21-13-14-22(27-4-2)24(26)23(21)25/h13-14,17-20H,3-12,15-16H2,1-2H3. The Kier molecular flexibility index (Phi) is 8.73. The van der Waals surface area contributed by atoms with Crippen LogP contribution in [0.1, 0.15) is 83.1 Å². The number of halogens is 2. The van der Waals surface area contributed by atoms with Crippen LogP contribution in [-0.2, 0) is 9.47 Å². The van der Waals surface area contributed by atoms with Gasteiger partial charge in [0.25, 0.3) is 0 Å². The monoisotopic (exact) mass is 410 g/mol. The SMILES string of the molecule is CCCCC1CCC(COC2CCC(c3ccc(OCC)c(F)c3F)CC2)OC1. The summed E-state index contributed by atoms with van der Waals surface area (Å²) in [5.41, 5.74) is 0.470. The Morgan fingerprint density at radius 3 is 2.45 bits per heavy atom. The van der Waals surface area contributed by atoms with Crippen molar-refractivity contribution in [1.82, 2.24) is 0 Å². The van der Waals surface area contributed by atoms with Gasteiger partial charge < -0.3 is 14.2 Å². The molecule has 0 spiro atoms. The Morgan fingerprint density at radius 1 is 1.00 bits per heavy atom. The summed E-state index contributed by atoms with van der Waals surface area (Å²) in [6.07, 6.45) is 9.94. The van der Waals surface area contributed by atoms with E-state index >= 15 is 0 Å². The fraction of sp³-hybridized carbons (Fsp3) is 0.750. The highest BCUT2D eigenvalue weighted by Gasteiger charge is 2.28. The lowest BCUT2D eigenvalue weighted by Crippen LogP contribution is -2.32. The molecule has 1 aromatic rings. The minimum absolute atomic E-state index is 0.00446. The van der Waals surface area contributed by atoms with Crippen molar-refractivity contribution in [2.75, 3.05) is 19.8 Å². The molecule has 0 radical (unpaired) electrons. The largest absolute Gasteiger partial charge is 0.491 e. The Labute approximate surface area is 174 Å². The molecule has 1 heterocycles. The van der Waals surface area contributed by atoms with Gasteiger partial charge in [0.2, 0.25) is 5.82 Å². The third kappa shape index (κ3) is 6.14. The molecule has 0 aromatic heterocycles. The van der Waals surface area contributed by atoms with Gasteiger partial charge in [0, 0.05) is 6.61 Å². The van der Waals surface area contributed by atoms with Crippen molar-refractivity contribution in [1.29, 1.82) is 0 Å². The number of rotatable bonds is 9. The van der Waals surface area contributed by atoms with Crippen LogP contribution in [0.5, 0.6) is 5.75 Å². The van der Waals surface area contributed by atoms with Crippen LogP contribution in [0, 0.1) is 17.6 Å². The lowest BCUT2D eigenvalue weighted by Gasteiger charge is -2.32. The van der Waals surface area contributed by atoms with Gasteiger partial charge in [0.05, 0.1) is 25.4 Å². The summed E-state index contributed by atoms with van der Waals surface area (Å²) in [7, 11) is 0. The van der Waals surface area contributed by atoms with Gasteiger partial charge in [-0.05, 0) is 75.3 Å². The van der Waals surface area contributed by atoms with Crippen LogP contribution in [0.15, 0.2) is 12.1 Å². The van der Waals surface area contributed by atoms with Crippen molar-refractivity contribution in [3.05, 3.63) is 29.3 Å². The van der Waals surface area contributed by atoms with Crippen molar-refractivity contribution in [3.8, 4) is 5.75 Å². The first-order valence-electron chi connectivity index (χ1n) is 11.5. The molecule has 1 saturated heterocycles. The molecule has 1 aliphatic heterocycles. The first kappa shape index (κ1) is 22.5. The van der Waals surface area contributed by atoms with Crippen LogP contribution in [-0.4, -0.2) is 32.0 Å². The molecule has 0 amide bonds. The topological polar surface area (TPSA) is 27.7 Å². The summed E-state index contributed by atoms with van der Waals surface area (Å²) < 4.78 is 45.9. The summed E-state index contributed by atoms with van der Waals surface area (Å²) >= 11 is 0. The Morgan fingerprint density at radius 2 is 1.79 bits per heavy atom. The van der Waals surface area contributed by atoms with E-state index in [9.17, 15) is 8.78 Å². The molecule has 29 heavy (non-hydrogen) atoms. The first-order chi connectivity index (χ1) is 14.1. The summed E-state index contributed by atoms with van der Waals surface area (Å²) in [4.78, 5) is 0. The van der Waals surface area contributed by atoms with E-state index in [1.165, 1.54) is 25.7 Å². The molecule has 2 aliphatic rings. The van der Waals surface area contributed by atoms with E-state index in [0.717, 1.165) is 38.7 Å². The van der Waals surface area contributed by atoms with E-state index in [2.05, 4.69) is 6.92 Å². The second kappa shape index (κ2) is 11.3. The normalized spacial score (nSPS) is 27.7. The number of unbranched alkanes of at least 4 members (excludes halogenated alkanes) is 1. The third-order valence-corrected chi connectivity index (χ3v) is 6.44. The van der Waals surface area contributed by atoms with Crippen LogP contribution in [0.2, 0.25) is 0 Å². The molecule has 1 aromatic carbocycles. The van der Waals surface area contributed by atoms with Crippen molar-refractivity contribution < 1.29 is 23.0 Å². The maximum atomic E-state index is 14.5. The molecule has 5 heteroatoms. The van der Waals surface area contributed by atoms with Crippen LogP contribution in [0.4, 0.5) is 8.78 Å². The first-order valence-corrected chi connectivity index (χ1v) is 11.5. The van der Waals surface area contributed by atoms with Gasteiger partial charge in [-0.25, -0.2) is 4.39 Å². The van der Waals surface area contributed by atoms with Gasteiger partial charge in [-0.15, -0.1) is 0 Å². The van der Waals surface area contributed by atoms with Crippen molar-refractivity contribution in [2.24, 2.45) is 5.92 Å². The molecule has 0 N–H and O–H groups in total. The summed E-state index contributed by atoms with van der Waals surface area (Å²) in [6.45, 7) is 5.83. The molecule has 0 bridgehead atoms. The molecule has 1 aliphatic carbocycles. The quantitative estimate of drug-likeness (QED) is 0.472. The maximum absolute atomic E-state index is 14.5. The Bertz CT molecular complexity index is 621. The smallest absolute Gasteiger partial charge is 0.200 e. The molecule has 2 unspecified atom stereocenters. The summed E-state index contributed by atoms with van der Waals surface area (Å²) in [6, 6.07) is 3.23. The maximum Gasteiger partial charge on any atom is 0.200 e. The van der Waals surface area contributed by atoms with E-state index < -0.39 is 11.6 Å². The van der Waals surface area contributed by atoms with Gasteiger partial charge in [-0.2, -0.15) is 4.39 Å². The van der Waals surface area contributed by atoms with Gasteiger partial charge in [-0.1, -0.05) is 25.8 Å². The van der Waals surface area contributed by atoms with E-state index in [1.54, 1.807) is 19.1 Å². The van der Waals surface area contributed by atoms with Gasteiger partial charge in [-0.3, -0.25) is 0 Å². The van der Waals surface area contributed by atoms with Gasteiger partial charge in [0.15, 0.2) is 11.6 Å². The Balaban J connectivity index is 1.40. The molecule has 164 valence electrons. The van der Waals surface area contributed by atoms with Crippen molar-refractivity contribution >= 4 is 0 Å². The predicted octanol–water partition coefficient (Wildman–Crippen LogP) is 6.39. The zero-order chi connectivity index (χ0) is 20.6. The highest BCUT2D eigenvalue weighted by Crippen LogP contribution is 2.37. The molecular formula is C24H36F2O3. The fourth-order valence-corrected chi connectivity index (χ4v) is 4.63. The molecule has 2 fully saturated rings. The highest BCUT2D eigenvalue weighted by molar-refractivity contribution is 5.33. The van der Waals surface area contributed by atoms with Crippen LogP contribution in [0.25, 0.3) is 0 Å². The second-order valence-corrected chi connectivity index (χ2v) is 8.56. The fourth-order valence-electron chi connectivity index (χ4n) is 4.63. The van der Waals surface area contributed by atoms with E-state index in [1.807, 2.05) is 0 Å². The van der Waals surface area contributed by atoms with Crippen LogP contribution >= 0.6 is 0 Å². The molecule has 3 nitrogen and oxygen atoms in total. The average Bonchev–Trinajstić information content (AvgIpc) is 2.75. The van der Waals surface area contributed by atoms with Crippen LogP contribution < -0.4 is 4.74 Å². The highest BCUT2D eigenvalue weighted by atomic mass is 19.2. The zero-order valence-corrected chi connectivity index (χ0v) is 17.9. The number of hydrogen-bond acceptors (Lipinski definition) is 3. The van der Waals surface area contributed by atoms with E-state index in [4.69, 9.17) is 14.2 Å². The molecule has 1 saturated carbocycles. The van der Waals surface area contributed by atoms with E-state index in [-0.39, 0.29) is 23.9 Å². The molecule has 3 rings (SSSR count). The number of benzene rings is 1. The molecule has 2 atom stereocenters. The third-order valence-electron chi connectivity index (χ3n) is 6.44. The summed E-state index contributed by atoms with van der Waals surface area (Å²) in [5.74, 6) is -0.866. The number of hydrogen-bond donors (Lipinski definition) is 0. The lowest BCUT2D eigenvalue weighted by atomic mass is 9.82. The molecular weight excluding hydrogens is 374 g/mol. The van der Waals surface area contributed by atoms with Crippen molar-refractivity contribution in [2.45, 2.75) is 89.8 Å².